The van der Waals surface area contributed by atoms with E-state index < -0.39 is 5.41 Å². The number of hydrogen-bond donors (Lipinski definition) is 1. The fourth-order valence-electron chi connectivity index (χ4n) is 2.91. The molecule has 0 aromatic heterocycles. The minimum absolute atomic E-state index is 0.0336. The molecule has 0 bridgehead atoms. The van der Waals surface area contributed by atoms with Gasteiger partial charge in [-0.2, -0.15) is 0 Å². The first-order chi connectivity index (χ1) is 7.63. The molecule has 1 aromatic rings. The molecule has 0 unspecified atom stereocenters. The molecule has 0 radical (unpaired) electrons. The summed E-state index contributed by atoms with van der Waals surface area (Å²) >= 11 is 3.30. The summed E-state index contributed by atoms with van der Waals surface area (Å²) in [5.74, 6) is -0.250. The van der Waals surface area contributed by atoms with Gasteiger partial charge in [-0.05, 0) is 46.5 Å². The maximum absolute atomic E-state index is 13.4. The van der Waals surface area contributed by atoms with Crippen LogP contribution in [-0.2, 0) is 10.2 Å². The van der Waals surface area contributed by atoms with Crippen LogP contribution in [0.5, 0.6) is 0 Å². The van der Waals surface area contributed by atoms with Crippen molar-refractivity contribution in [3.8, 4) is 0 Å². The van der Waals surface area contributed by atoms with Gasteiger partial charge in [0.15, 0.2) is 0 Å². The van der Waals surface area contributed by atoms with E-state index >= 15 is 0 Å². The van der Waals surface area contributed by atoms with Gasteiger partial charge in [0, 0.05) is 4.47 Å². The zero-order valence-electron chi connectivity index (χ0n) is 8.65. The van der Waals surface area contributed by atoms with Crippen LogP contribution in [0.4, 0.5) is 10.1 Å². The molecule has 1 N–H and O–H groups in total. The fraction of sp³-hybridized carbons (Fsp3) is 0.417. The van der Waals surface area contributed by atoms with Crippen molar-refractivity contribution in [2.45, 2.75) is 31.1 Å². The average molecular weight is 284 g/mol. The lowest BCUT2D eigenvalue weighted by atomic mass is 9.80. The number of carbonyl (C=O) groups is 1. The van der Waals surface area contributed by atoms with Gasteiger partial charge < -0.3 is 5.32 Å². The van der Waals surface area contributed by atoms with Crippen molar-refractivity contribution in [2.24, 2.45) is 0 Å². The lowest BCUT2D eigenvalue weighted by molar-refractivity contribution is -0.120. The van der Waals surface area contributed by atoms with Crippen molar-refractivity contribution in [1.82, 2.24) is 0 Å². The molecule has 2 aliphatic rings. The van der Waals surface area contributed by atoms with Gasteiger partial charge in [0.25, 0.3) is 0 Å². The number of anilines is 1. The molecule has 4 heteroatoms. The highest BCUT2D eigenvalue weighted by Crippen LogP contribution is 2.50. The van der Waals surface area contributed by atoms with Crippen LogP contribution >= 0.6 is 15.9 Å². The molecule has 1 fully saturated rings. The number of carbonyl (C=O) groups excluding carboxylic acids is 1. The predicted molar refractivity (Wildman–Crippen MR) is 62.9 cm³/mol. The van der Waals surface area contributed by atoms with E-state index in [-0.39, 0.29) is 11.7 Å². The molecule has 16 heavy (non-hydrogen) atoms. The summed E-state index contributed by atoms with van der Waals surface area (Å²) < 4.78 is 14.1. The monoisotopic (exact) mass is 283 g/mol. The van der Waals surface area contributed by atoms with Gasteiger partial charge in [0.05, 0.1) is 11.1 Å². The third-order valence-corrected chi connectivity index (χ3v) is 4.33. The van der Waals surface area contributed by atoms with Crippen LogP contribution < -0.4 is 5.32 Å². The molecule has 1 aliphatic carbocycles. The Kier molecular flexibility index (Phi) is 2.11. The summed E-state index contributed by atoms with van der Waals surface area (Å²) in [5, 5.41) is 2.87. The van der Waals surface area contributed by atoms with Gasteiger partial charge in [-0.3, -0.25) is 4.79 Å². The fourth-order valence-corrected chi connectivity index (χ4v) is 3.44. The third kappa shape index (κ3) is 1.19. The lowest BCUT2D eigenvalue weighted by Crippen LogP contribution is -2.30. The smallest absolute Gasteiger partial charge is 0.235 e. The van der Waals surface area contributed by atoms with E-state index in [1.54, 1.807) is 0 Å². The van der Waals surface area contributed by atoms with E-state index in [2.05, 4.69) is 21.2 Å². The molecule has 2 nitrogen and oxygen atoms in total. The number of halogens is 2. The molecule has 0 atom stereocenters. The van der Waals surface area contributed by atoms with Crippen molar-refractivity contribution in [3.63, 3.8) is 0 Å². The Hall–Kier alpha value is -0.900. The first-order valence-corrected chi connectivity index (χ1v) is 6.24. The van der Waals surface area contributed by atoms with Crippen LogP contribution in [0.15, 0.2) is 16.6 Å². The van der Waals surface area contributed by atoms with Gasteiger partial charge in [-0.25, -0.2) is 4.39 Å². The Balaban J connectivity index is 2.24. The standard InChI is InChI=1S/C12H11BrFNO/c13-9-6-7(14)5-8-10(9)15-11(16)12(8)3-1-2-4-12/h5-6H,1-4H2,(H,15,16). The largest absolute Gasteiger partial charge is 0.324 e. The summed E-state index contributed by atoms with van der Waals surface area (Å²) in [6, 6.07) is 2.90. The molecular formula is C12H11BrFNO. The van der Waals surface area contributed by atoms with Crippen molar-refractivity contribution >= 4 is 27.5 Å². The second kappa shape index (κ2) is 3.29. The van der Waals surface area contributed by atoms with E-state index in [0.29, 0.717) is 4.47 Å². The molecule has 0 saturated heterocycles. The molecule has 3 rings (SSSR count). The van der Waals surface area contributed by atoms with Gasteiger partial charge in [-0.15, -0.1) is 0 Å². The zero-order valence-corrected chi connectivity index (χ0v) is 10.2. The number of fused-ring (bicyclic) bond motifs is 2. The highest BCUT2D eigenvalue weighted by Gasteiger charge is 2.49. The van der Waals surface area contributed by atoms with E-state index in [9.17, 15) is 9.18 Å². The zero-order chi connectivity index (χ0) is 11.3. The maximum Gasteiger partial charge on any atom is 0.235 e. The Morgan fingerprint density at radius 1 is 1.31 bits per heavy atom. The third-order valence-electron chi connectivity index (χ3n) is 3.70. The molecule has 1 aliphatic heterocycles. The summed E-state index contributed by atoms with van der Waals surface area (Å²) in [5.41, 5.74) is 1.13. The van der Waals surface area contributed by atoms with Gasteiger partial charge in [0.2, 0.25) is 5.91 Å². The van der Waals surface area contributed by atoms with Gasteiger partial charge >= 0.3 is 0 Å². The van der Waals surface area contributed by atoms with Crippen LogP contribution in [0.1, 0.15) is 31.2 Å². The van der Waals surface area contributed by atoms with E-state index in [1.165, 1.54) is 12.1 Å². The Labute approximate surface area is 101 Å². The summed E-state index contributed by atoms with van der Waals surface area (Å²) in [6.45, 7) is 0. The van der Waals surface area contributed by atoms with E-state index in [0.717, 1.165) is 36.9 Å². The maximum atomic E-state index is 13.4. The van der Waals surface area contributed by atoms with Crippen LogP contribution in [0.3, 0.4) is 0 Å². The van der Waals surface area contributed by atoms with Gasteiger partial charge in [0.1, 0.15) is 5.82 Å². The molecule has 1 spiro atoms. The summed E-state index contributed by atoms with van der Waals surface area (Å²) in [7, 11) is 0. The second-order valence-corrected chi connectivity index (χ2v) is 5.41. The topological polar surface area (TPSA) is 29.1 Å². The van der Waals surface area contributed by atoms with Crippen LogP contribution in [0, 0.1) is 5.82 Å². The highest BCUT2D eigenvalue weighted by atomic mass is 79.9. The lowest BCUT2D eigenvalue weighted by Gasteiger charge is -2.20. The number of hydrogen-bond acceptors (Lipinski definition) is 1. The molecule has 1 saturated carbocycles. The second-order valence-electron chi connectivity index (χ2n) is 4.55. The van der Waals surface area contributed by atoms with Crippen molar-refractivity contribution in [2.75, 3.05) is 5.32 Å². The quantitative estimate of drug-likeness (QED) is 0.777. The van der Waals surface area contributed by atoms with Crippen LogP contribution in [-0.4, -0.2) is 5.91 Å². The first-order valence-electron chi connectivity index (χ1n) is 5.44. The van der Waals surface area contributed by atoms with E-state index in [1.807, 2.05) is 0 Å². The molecule has 84 valence electrons. The van der Waals surface area contributed by atoms with Crippen LogP contribution in [0.25, 0.3) is 0 Å². The average Bonchev–Trinajstić information content (AvgIpc) is 2.79. The molecule has 1 heterocycles. The summed E-state index contributed by atoms with van der Waals surface area (Å²) in [4.78, 5) is 12.1. The minimum atomic E-state index is -0.458. The molecule has 1 aromatic carbocycles. The number of amides is 1. The first kappa shape index (κ1) is 10.3. The summed E-state index contributed by atoms with van der Waals surface area (Å²) in [6.07, 6.45) is 3.76. The van der Waals surface area contributed by atoms with Crippen molar-refractivity contribution in [3.05, 3.63) is 28.0 Å². The molecule has 1 amide bonds. The minimum Gasteiger partial charge on any atom is -0.324 e. The van der Waals surface area contributed by atoms with Crippen molar-refractivity contribution in [1.29, 1.82) is 0 Å². The van der Waals surface area contributed by atoms with Crippen molar-refractivity contribution < 1.29 is 9.18 Å². The predicted octanol–water partition coefficient (Wildman–Crippen LogP) is 3.35. The van der Waals surface area contributed by atoms with Crippen LogP contribution in [0.2, 0.25) is 0 Å². The number of nitrogens with one attached hydrogen (secondary N) is 1. The SMILES string of the molecule is O=C1Nc2c(Br)cc(F)cc2C12CCCC2. The molecular weight excluding hydrogens is 273 g/mol. The Bertz CT molecular complexity index is 480. The number of benzene rings is 1. The Morgan fingerprint density at radius 3 is 2.69 bits per heavy atom. The normalized spacial score (nSPS) is 21.2. The highest BCUT2D eigenvalue weighted by molar-refractivity contribution is 9.10. The van der Waals surface area contributed by atoms with Gasteiger partial charge in [-0.1, -0.05) is 12.8 Å². The Morgan fingerprint density at radius 2 is 2.00 bits per heavy atom. The van der Waals surface area contributed by atoms with E-state index in [4.69, 9.17) is 0 Å². The number of rotatable bonds is 0.